The van der Waals surface area contributed by atoms with E-state index in [0.717, 1.165) is 30.6 Å². The largest absolute Gasteiger partial charge is 0.302 e. The lowest BCUT2D eigenvalue weighted by Crippen LogP contribution is -2.35. The van der Waals surface area contributed by atoms with Crippen LogP contribution in [0.1, 0.15) is 93.7 Å². The van der Waals surface area contributed by atoms with Crippen LogP contribution in [0, 0.1) is 0 Å². The van der Waals surface area contributed by atoms with E-state index in [2.05, 4.69) is 36.4 Å². The molecular formula is C34H41O4PS2. The van der Waals surface area contributed by atoms with E-state index in [4.69, 9.17) is 0 Å². The van der Waals surface area contributed by atoms with Gasteiger partial charge >= 0.3 is 0 Å². The molecule has 3 aromatic rings. The molecule has 4 nitrogen and oxygen atoms in total. The Bertz CT molecular complexity index is 1390. The van der Waals surface area contributed by atoms with Crippen LogP contribution in [0.5, 0.6) is 0 Å². The van der Waals surface area contributed by atoms with Crippen LogP contribution >= 0.6 is 7.92 Å². The zero-order valence-corrected chi connectivity index (χ0v) is 26.2. The smallest absolute Gasteiger partial charge is 0.186 e. The van der Waals surface area contributed by atoms with E-state index in [0.29, 0.717) is 9.79 Å². The van der Waals surface area contributed by atoms with E-state index in [1.807, 2.05) is 18.2 Å². The van der Waals surface area contributed by atoms with Crippen LogP contribution in [-0.2, 0) is 33.7 Å². The predicted molar refractivity (Wildman–Crippen MR) is 171 cm³/mol. The lowest BCUT2D eigenvalue weighted by atomic mass is 9.89. The van der Waals surface area contributed by atoms with Crippen LogP contribution in [0.3, 0.4) is 0 Å². The normalized spacial score (nSPS) is 22.8. The van der Waals surface area contributed by atoms with Crippen LogP contribution in [-0.4, -0.2) is 28.8 Å². The fourth-order valence-corrected chi connectivity index (χ4v) is 13.9. The van der Waals surface area contributed by atoms with Crippen molar-refractivity contribution in [3.8, 4) is 11.1 Å². The molecule has 0 aliphatic heterocycles. The van der Waals surface area contributed by atoms with Gasteiger partial charge in [0, 0.05) is 5.16 Å². The summed E-state index contributed by atoms with van der Waals surface area (Å²) in [6.45, 7) is 0. The van der Waals surface area contributed by atoms with Gasteiger partial charge in [0.25, 0.3) is 0 Å². The van der Waals surface area contributed by atoms with Crippen molar-refractivity contribution in [2.45, 2.75) is 110 Å². The molecule has 7 heteroatoms. The molecule has 0 spiro atoms. The van der Waals surface area contributed by atoms with Gasteiger partial charge in [-0.1, -0.05) is 88.9 Å². The van der Waals surface area contributed by atoms with Gasteiger partial charge in [-0.05, 0) is 108 Å². The van der Waals surface area contributed by atoms with Crippen molar-refractivity contribution >= 4 is 30.1 Å². The fraction of sp³-hybridized carbons (Fsp3) is 0.471. The monoisotopic (exact) mass is 608 g/mol. The number of rotatable bonds is 9. The Kier molecular flexibility index (Phi) is 9.24. The summed E-state index contributed by atoms with van der Waals surface area (Å²) < 4.78 is 43.6. The molecule has 218 valence electrons. The van der Waals surface area contributed by atoms with E-state index in [1.54, 1.807) is 12.1 Å². The van der Waals surface area contributed by atoms with Crippen LogP contribution < -0.4 is 0 Å². The van der Waals surface area contributed by atoms with E-state index in [9.17, 15) is 17.5 Å². The van der Waals surface area contributed by atoms with Gasteiger partial charge in [-0.15, -0.1) is 0 Å². The van der Waals surface area contributed by atoms with Gasteiger partial charge in [0.1, 0.15) is 0 Å². The molecule has 2 N–H and O–H groups in total. The summed E-state index contributed by atoms with van der Waals surface area (Å²) in [6.07, 6.45) is 16.1. The second kappa shape index (κ2) is 12.9. The standard InChI is InChI=1S/C34H41O4PS2/c35-40(36)28-19-17-25(18-20-28)10-9-23-34(39(26-11-3-1-4-12-26)27-13-5-2-6-14-27)32-16-8-7-15-30(32)31-22-21-29(41(37)38)24-33(31)34/h7-8,15-22,24,26-27H,1-6,9-14,23H2,(H,35,36)(H,37,38). The minimum Gasteiger partial charge on any atom is -0.302 e. The van der Waals surface area contributed by atoms with Crippen LogP contribution in [0.2, 0.25) is 0 Å². The van der Waals surface area contributed by atoms with Crippen molar-refractivity contribution in [1.82, 2.24) is 0 Å². The van der Waals surface area contributed by atoms with E-state index in [1.165, 1.54) is 92.0 Å². The number of fused-ring (bicyclic) bond motifs is 3. The van der Waals surface area contributed by atoms with Gasteiger partial charge in [0.05, 0.1) is 9.79 Å². The molecule has 3 unspecified atom stereocenters. The van der Waals surface area contributed by atoms with E-state index < -0.39 is 30.1 Å². The Hall–Kier alpha value is -1.69. The Morgan fingerprint density at radius 3 is 1.85 bits per heavy atom. The third-order valence-electron chi connectivity index (χ3n) is 9.81. The molecule has 2 fully saturated rings. The summed E-state index contributed by atoms with van der Waals surface area (Å²) in [4.78, 5) is 0.947. The first-order valence-corrected chi connectivity index (χ1v) is 19.0. The maximum Gasteiger partial charge on any atom is 0.186 e. The Balaban J connectivity index is 1.48. The average Bonchev–Trinajstić information content (AvgIpc) is 3.28. The topological polar surface area (TPSA) is 74.6 Å². The van der Waals surface area contributed by atoms with Crippen LogP contribution in [0.4, 0.5) is 0 Å². The summed E-state index contributed by atoms with van der Waals surface area (Å²) >= 11 is -3.98. The summed E-state index contributed by atoms with van der Waals surface area (Å²) in [5.74, 6) is 0. The minimum atomic E-state index is -2.02. The first-order chi connectivity index (χ1) is 20.0. The molecule has 3 aliphatic carbocycles. The zero-order chi connectivity index (χ0) is 28.4. The average molecular weight is 609 g/mol. The van der Waals surface area contributed by atoms with Crippen molar-refractivity contribution in [2.75, 3.05) is 0 Å². The molecule has 6 rings (SSSR count). The molecule has 41 heavy (non-hydrogen) atoms. The Labute approximate surface area is 251 Å². The van der Waals surface area contributed by atoms with Gasteiger partial charge in [0.15, 0.2) is 22.2 Å². The van der Waals surface area contributed by atoms with Gasteiger partial charge in [-0.25, -0.2) is 8.42 Å². The second-order valence-electron chi connectivity index (χ2n) is 12.1. The van der Waals surface area contributed by atoms with Crippen LogP contribution in [0.25, 0.3) is 11.1 Å². The third kappa shape index (κ3) is 5.80. The highest BCUT2D eigenvalue weighted by atomic mass is 32.2. The molecule has 0 bridgehead atoms. The van der Waals surface area contributed by atoms with Crippen molar-refractivity contribution < 1.29 is 17.5 Å². The number of hydrogen-bond acceptors (Lipinski definition) is 2. The van der Waals surface area contributed by atoms with Crippen molar-refractivity contribution in [2.24, 2.45) is 0 Å². The van der Waals surface area contributed by atoms with Gasteiger partial charge in [0.2, 0.25) is 0 Å². The quantitative estimate of drug-likeness (QED) is 0.188. The Morgan fingerprint density at radius 1 is 0.683 bits per heavy atom. The Morgan fingerprint density at radius 2 is 1.24 bits per heavy atom. The summed E-state index contributed by atoms with van der Waals surface area (Å²) in [7, 11) is -0.435. The highest BCUT2D eigenvalue weighted by molar-refractivity contribution is 7.79. The third-order valence-corrected chi connectivity index (χ3v) is 15.3. The summed E-state index contributed by atoms with van der Waals surface area (Å²) in [5.41, 5.74) is 7.95. The predicted octanol–water partition coefficient (Wildman–Crippen LogP) is 9.24. The van der Waals surface area contributed by atoms with E-state index >= 15 is 0 Å². The fourth-order valence-electron chi connectivity index (χ4n) is 8.07. The second-order valence-corrected chi connectivity index (χ2v) is 17.1. The van der Waals surface area contributed by atoms with Crippen molar-refractivity contribution in [3.05, 3.63) is 83.4 Å². The highest BCUT2D eigenvalue weighted by Gasteiger charge is 2.53. The van der Waals surface area contributed by atoms with Gasteiger partial charge in [-0.3, -0.25) is 0 Å². The number of benzene rings is 3. The summed E-state index contributed by atoms with van der Waals surface area (Å²) in [5, 5.41) is -0.132. The highest BCUT2D eigenvalue weighted by Crippen LogP contribution is 2.75. The van der Waals surface area contributed by atoms with Crippen LogP contribution in [0.15, 0.2) is 76.5 Å². The molecule has 0 heterocycles. The van der Waals surface area contributed by atoms with Gasteiger partial charge in [-0.2, -0.15) is 0 Å². The molecule has 3 aliphatic rings. The van der Waals surface area contributed by atoms with Gasteiger partial charge < -0.3 is 9.11 Å². The SMILES string of the molecule is O=S(O)c1ccc(CCCC2(P(C3CCCCC3)C3CCCCC3)c3ccccc3-c3ccc(S(=O)O)cc32)cc1. The first kappa shape index (κ1) is 29.4. The first-order valence-electron chi connectivity index (χ1n) is 15.3. The lowest BCUT2D eigenvalue weighted by molar-refractivity contribution is 0.469. The molecule has 0 saturated heterocycles. The van der Waals surface area contributed by atoms with Crippen molar-refractivity contribution in [3.63, 3.8) is 0 Å². The van der Waals surface area contributed by atoms with Crippen molar-refractivity contribution in [1.29, 1.82) is 0 Å². The molecular weight excluding hydrogens is 567 g/mol. The molecule has 0 radical (unpaired) electrons. The summed E-state index contributed by atoms with van der Waals surface area (Å²) in [6, 6.07) is 22.6. The lowest BCUT2D eigenvalue weighted by Gasteiger charge is -2.50. The molecule has 2 saturated carbocycles. The maximum atomic E-state index is 12.4. The molecule has 0 aromatic heterocycles. The number of hydrogen-bond donors (Lipinski definition) is 2. The number of aryl methyl sites for hydroxylation is 1. The molecule has 0 amide bonds. The van der Waals surface area contributed by atoms with E-state index in [-0.39, 0.29) is 5.16 Å². The minimum absolute atomic E-state index is 0.132. The zero-order valence-electron chi connectivity index (χ0n) is 23.7. The maximum absolute atomic E-state index is 12.4. The molecule has 3 atom stereocenters. The molecule has 3 aromatic carbocycles.